The average Bonchev–Trinajstić information content (AvgIpc) is 2.31. The molecule has 0 aromatic heterocycles. The summed E-state index contributed by atoms with van der Waals surface area (Å²) >= 11 is 0. The SMILES string of the molecule is Cc1c(F)cccc1NS(=O)(=O)N(C)CCCO. The van der Waals surface area contributed by atoms with E-state index in [0.29, 0.717) is 6.42 Å². The van der Waals surface area contributed by atoms with Crippen molar-refractivity contribution in [2.75, 3.05) is 24.9 Å². The van der Waals surface area contributed by atoms with Crippen LogP contribution >= 0.6 is 0 Å². The van der Waals surface area contributed by atoms with Crippen molar-refractivity contribution in [3.8, 4) is 0 Å². The number of anilines is 1. The van der Waals surface area contributed by atoms with Gasteiger partial charge in [0.25, 0.3) is 0 Å². The molecule has 0 unspecified atom stereocenters. The fourth-order valence-corrected chi connectivity index (χ4v) is 2.37. The van der Waals surface area contributed by atoms with Crippen LogP contribution in [0.4, 0.5) is 10.1 Å². The minimum Gasteiger partial charge on any atom is -0.396 e. The number of benzene rings is 1. The molecule has 5 nitrogen and oxygen atoms in total. The first-order valence-electron chi connectivity index (χ1n) is 5.48. The van der Waals surface area contributed by atoms with Gasteiger partial charge >= 0.3 is 10.2 Å². The molecule has 0 heterocycles. The number of rotatable bonds is 6. The van der Waals surface area contributed by atoms with Gasteiger partial charge in [-0.25, -0.2) is 4.39 Å². The summed E-state index contributed by atoms with van der Waals surface area (Å²) in [6, 6.07) is 4.20. The van der Waals surface area contributed by atoms with Crippen LogP contribution in [0.5, 0.6) is 0 Å². The quantitative estimate of drug-likeness (QED) is 0.817. The summed E-state index contributed by atoms with van der Waals surface area (Å²) in [5.41, 5.74) is 0.461. The summed E-state index contributed by atoms with van der Waals surface area (Å²) in [5, 5.41) is 8.66. The third-order valence-corrected chi connectivity index (χ3v) is 4.03. The van der Waals surface area contributed by atoms with Crippen LogP contribution in [0.2, 0.25) is 0 Å². The molecule has 0 saturated heterocycles. The van der Waals surface area contributed by atoms with Crippen LogP contribution in [-0.2, 0) is 10.2 Å². The van der Waals surface area contributed by atoms with Crippen LogP contribution in [0.25, 0.3) is 0 Å². The van der Waals surface area contributed by atoms with Gasteiger partial charge in [-0.15, -0.1) is 0 Å². The zero-order valence-electron chi connectivity index (χ0n) is 10.4. The highest BCUT2D eigenvalue weighted by molar-refractivity contribution is 7.90. The third-order valence-electron chi connectivity index (χ3n) is 2.55. The maximum atomic E-state index is 13.3. The van der Waals surface area contributed by atoms with Crippen LogP contribution in [0.15, 0.2) is 18.2 Å². The molecule has 0 amide bonds. The largest absolute Gasteiger partial charge is 0.396 e. The number of aliphatic hydroxyl groups is 1. The Balaban J connectivity index is 2.85. The number of aliphatic hydroxyl groups excluding tert-OH is 1. The van der Waals surface area contributed by atoms with Gasteiger partial charge in [-0.1, -0.05) is 6.07 Å². The molecule has 0 atom stereocenters. The van der Waals surface area contributed by atoms with Crippen LogP contribution < -0.4 is 4.72 Å². The number of halogens is 1. The summed E-state index contributed by atoms with van der Waals surface area (Å²) in [5.74, 6) is -0.465. The molecular formula is C11H17FN2O3S. The smallest absolute Gasteiger partial charge is 0.301 e. The van der Waals surface area contributed by atoms with Gasteiger partial charge in [0, 0.05) is 25.8 Å². The maximum Gasteiger partial charge on any atom is 0.301 e. The lowest BCUT2D eigenvalue weighted by Crippen LogP contribution is -2.33. The summed E-state index contributed by atoms with van der Waals surface area (Å²) in [4.78, 5) is 0. The van der Waals surface area contributed by atoms with Crippen molar-refractivity contribution in [2.45, 2.75) is 13.3 Å². The molecule has 1 aromatic rings. The Hall–Kier alpha value is -1.18. The lowest BCUT2D eigenvalue weighted by atomic mass is 10.2. The summed E-state index contributed by atoms with van der Waals surface area (Å²) in [7, 11) is -2.32. The first kappa shape index (κ1) is 14.9. The van der Waals surface area contributed by atoms with Crippen molar-refractivity contribution in [2.24, 2.45) is 0 Å². The zero-order chi connectivity index (χ0) is 13.8. The Kier molecular flexibility index (Phi) is 5.06. The fourth-order valence-electron chi connectivity index (χ4n) is 1.35. The van der Waals surface area contributed by atoms with Crippen molar-refractivity contribution in [1.29, 1.82) is 0 Å². The lowest BCUT2D eigenvalue weighted by Gasteiger charge is -2.18. The van der Waals surface area contributed by atoms with Crippen LogP contribution in [0, 0.1) is 12.7 Å². The first-order valence-corrected chi connectivity index (χ1v) is 6.92. The van der Waals surface area contributed by atoms with Crippen molar-refractivity contribution >= 4 is 15.9 Å². The Morgan fingerprint density at radius 2 is 2.11 bits per heavy atom. The number of nitrogens with zero attached hydrogens (tertiary/aromatic N) is 1. The average molecular weight is 276 g/mol. The molecule has 1 aromatic carbocycles. The highest BCUT2D eigenvalue weighted by Gasteiger charge is 2.18. The second-order valence-electron chi connectivity index (χ2n) is 3.92. The van der Waals surface area contributed by atoms with E-state index < -0.39 is 16.0 Å². The van der Waals surface area contributed by atoms with Gasteiger partial charge in [0.1, 0.15) is 5.82 Å². The van der Waals surface area contributed by atoms with E-state index in [4.69, 9.17) is 5.11 Å². The number of hydrogen-bond donors (Lipinski definition) is 2. The number of hydrogen-bond acceptors (Lipinski definition) is 3. The lowest BCUT2D eigenvalue weighted by molar-refractivity contribution is 0.276. The Morgan fingerprint density at radius 3 is 2.72 bits per heavy atom. The molecule has 1 rings (SSSR count). The third kappa shape index (κ3) is 3.66. The molecule has 2 N–H and O–H groups in total. The van der Waals surface area contributed by atoms with Gasteiger partial charge in [0.05, 0.1) is 5.69 Å². The van der Waals surface area contributed by atoms with Gasteiger partial charge < -0.3 is 5.11 Å². The van der Waals surface area contributed by atoms with Crippen molar-refractivity contribution < 1.29 is 17.9 Å². The maximum absolute atomic E-state index is 13.3. The standard InChI is InChI=1S/C11H17FN2O3S/c1-9-10(12)5-3-6-11(9)13-18(16,17)14(2)7-4-8-15/h3,5-6,13,15H,4,7-8H2,1-2H3. The van der Waals surface area contributed by atoms with Crippen molar-refractivity contribution in [1.82, 2.24) is 4.31 Å². The Labute approximate surface area is 106 Å². The second-order valence-corrected chi connectivity index (χ2v) is 5.70. The molecule has 0 bridgehead atoms. The molecule has 0 fully saturated rings. The van der Waals surface area contributed by atoms with Gasteiger partial charge in [-0.2, -0.15) is 12.7 Å². The molecule has 7 heteroatoms. The predicted octanol–water partition coefficient (Wildman–Crippen LogP) is 1.11. The molecule has 0 aliphatic heterocycles. The Bertz CT molecular complexity index is 505. The van der Waals surface area contributed by atoms with Gasteiger partial charge in [-0.3, -0.25) is 4.72 Å². The monoisotopic (exact) mass is 276 g/mol. The second kappa shape index (κ2) is 6.12. The van der Waals surface area contributed by atoms with E-state index in [-0.39, 0.29) is 24.4 Å². The van der Waals surface area contributed by atoms with Crippen molar-refractivity contribution in [3.63, 3.8) is 0 Å². The van der Waals surface area contributed by atoms with E-state index in [0.717, 1.165) is 4.31 Å². The molecule has 0 aliphatic carbocycles. The topological polar surface area (TPSA) is 69.6 Å². The zero-order valence-corrected chi connectivity index (χ0v) is 11.2. The van der Waals surface area contributed by atoms with Crippen molar-refractivity contribution in [3.05, 3.63) is 29.6 Å². The van der Waals surface area contributed by atoms with Crippen LogP contribution in [0.3, 0.4) is 0 Å². The van der Waals surface area contributed by atoms with Gasteiger partial charge in [0.2, 0.25) is 0 Å². The van der Waals surface area contributed by atoms with Gasteiger partial charge in [0.15, 0.2) is 0 Å². The van der Waals surface area contributed by atoms with E-state index in [9.17, 15) is 12.8 Å². The first-order chi connectivity index (χ1) is 8.38. The van der Waals surface area contributed by atoms with Crippen LogP contribution in [-0.4, -0.2) is 38.0 Å². The molecule has 0 spiro atoms. The van der Waals surface area contributed by atoms with Crippen LogP contribution in [0.1, 0.15) is 12.0 Å². The molecule has 0 aliphatic rings. The minimum atomic E-state index is -3.72. The molecule has 0 radical (unpaired) electrons. The molecular weight excluding hydrogens is 259 g/mol. The van der Waals surface area contributed by atoms with Gasteiger partial charge in [-0.05, 0) is 25.5 Å². The normalized spacial score (nSPS) is 11.8. The Morgan fingerprint density at radius 1 is 1.44 bits per heavy atom. The van der Waals surface area contributed by atoms with E-state index in [1.165, 1.54) is 32.2 Å². The summed E-state index contributed by atoms with van der Waals surface area (Å²) in [6.07, 6.45) is 0.347. The predicted molar refractivity (Wildman–Crippen MR) is 68.0 cm³/mol. The number of nitrogens with one attached hydrogen (secondary N) is 1. The molecule has 102 valence electrons. The highest BCUT2D eigenvalue weighted by atomic mass is 32.2. The molecule has 18 heavy (non-hydrogen) atoms. The van der Waals surface area contributed by atoms with E-state index in [1.54, 1.807) is 0 Å². The highest BCUT2D eigenvalue weighted by Crippen LogP contribution is 2.19. The summed E-state index contributed by atoms with van der Waals surface area (Å²) in [6.45, 7) is 1.61. The molecule has 0 saturated carbocycles. The fraction of sp³-hybridized carbons (Fsp3) is 0.455. The minimum absolute atomic E-state index is 0.0845. The van der Waals surface area contributed by atoms with E-state index >= 15 is 0 Å². The summed E-state index contributed by atoms with van der Waals surface area (Å²) < 4.78 is 40.4. The van der Waals surface area contributed by atoms with E-state index in [2.05, 4.69) is 4.72 Å². The van der Waals surface area contributed by atoms with E-state index in [1.807, 2.05) is 0 Å².